The van der Waals surface area contributed by atoms with Crippen LogP contribution in [0.4, 0.5) is 8.78 Å². The zero-order valence-corrected chi connectivity index (χ0v) is 8.74. The van der Waals surface area contributed by atoms with Crippen LogP contribution in [0.15, 0.2) is 12.4 Å². The van der Waals surface area contributed by atoms with E-state index in [0.717, 1.165) is 12.4 Å². The number of Topliss-reactive ketones (excluding diaryl/α,β-unsaturated/α-hetero) is 1. The molecule has 0 N–H and O–H groups in total. The van der Waals surface area contributed by atoms with E-state index >= 15 is 0 Å². The minimum absolute atomic E-state index is 0.214. The van der Waals surface area contributed by atoms with Gasteiger partial charge < -0.3 is 4.74 Å². The number of ketones is 1. The molecular formula is C9H10F2N2O3. The van der Waals surface area contributed by atoms with E-state index in [1.165, 1.54) is 18.7 Å². The molecule has 0 aliphatic carbocycles. The van der Waals surface area contributed by atoms with E-state index in [1.807, 2.05) is 0 Å². The van der Waals surface area contributed by atoms with Gasteiger partial charge in [0.2, 0.25) is 5.78 Å². The summed E-state index contributed by atoms with van der Waals surface area (Å²) in [6, 6.07) is 0. The Morgan fingerprint density at radius 1 is 1.56 bits per heavy atom. The first-order chi connectivity index (χ1) is 7.39. The molecule has 5 nitrogen and oxygen atoms in total. The summed E-state index contributed by atoms with van der Waals surface area (Å²) in [4.78, 5) is 22.2. The van der Waals surface area contributed by atoms with Crippen molar-refractivity contribution < 1.29 is 23.1 Å². The number of aryl methyl sites for hydroxylation is 1. The summed E-state index contributed by atoms with van der Waals surface area (Å²) in [5, 5.41) is 3.57. The van der Waals surface area contributed by atoms with Gasteiger partial charge in [0.15, 0.2) is 0 Å². The predicted molar refractivity (Wildman–Crippen MR) is 49.1 cm³/mol. The van der Waals surface area contributed by atoms with Gasteiger partial charge in [-0.2, -0.15) is 13.9 Å². The molecule has 0 bridgehead atoms. The van der Waals surface area contributed by atoms with Crippen LogP contribution in [0.3, 0.4) is 0 Å². The zero-order valence-electron chi connectivity index (χ0n) is 8.74. The van der Waals surface area contributed by atoms with Gasteiger partial charge in [-0.05, 0) is 6.92 Å². The van der Waals surface area contributed by atoms with Crippen molar-refractivity contribution in [2.45, 2.75) is 12.8 Å². The smallest absolute Gasteiger partial charge is 0.404 e. The average molecular weight is 232 g/mol. The summed E-state index contributed by atoms with van der Waals surface area (Å²) < 4.78 is 31.8. The van der Waals surface area contributed by atoms with Gasteiger partial charge in [0.25, 0.3) is 0 Å². The summed E-state index contributed by atoms with van der Waals surface area (Å²) in [5.41, 5.74) is -0.333. The molecule has 0 aliphatic heterocycles. The molecule has 0 spiro atoms. The molecule has 0 radical (unpaired) electrons. The normalized spacial score (nSPS) is 11.2. The van der Waals surface area contributed by atoms with Crippen LogP contribution in [0, 0.1) is 0 Å². The summed E-state index contributed by atoms with van der Waals surface area (Å²) in [5.74, 6) is -7.62. The molecule has 1 aromatic rings. The Balaban J connectivity index is 2.91. The minimum Gasteiger partial charge on any atom is -0.461 e. The molecule has 0 unspecified atom stereocenters. The van der Waals surface area contributed by atoms with Crippen molar-refractivity contribution in [2.24, 2.45) is 7.05 Å². The monoisotopic (exact) mass is 232 g/mol. The number of alkyl halides is 2. The molecule has 0 aliphatic rings. The van der Waals surface area contributed by atoms with Crippen molar-refractivity contribution in [3.63, 3.8) is 0 Å². The quantitative estimate of drug-likeness (QED) is 0.437. The SMILES string of the molecule is CCOC(=O)C(F)(F)C(=O)c1cnn(C)c1. The lowest BCUT2D eigenvalue weighted by Gasteiger charge is -2.11. The summed E-state index contributed by atoms with van der Waals surface area (Å²) in [7, 11) is 1.47. The van der Waals surface area contributed by atoms with Crippen molar-refractivity contribution in [1.82, 2.24) is 9.78 Å². The number of halogens is 2. The number of aromatic nitrogens is 2. The molecule has 1 aromatic heterocycles. The van der Waals surface area contributed by atoms with Gasteiger partial charge in [-0.3, -0.25) is 9.48 Å². The second-order valence-corrected chi connectivity index (χ2v) is 3.03. The average Bonchev–Trinajstić information content (AvgIpc) is 2.64. The van der Waals surface area contributed by atoms with E-state index in [2.05, 4.69) is 9.84 Å². The Bertz CT molecular complexity index is 415. The van der Waals surface area contributed by atoms with E-state index in [9.17, 15) is 18.4 Å². The van der Waals surface area contributed by atoms with Crippen LogP contribution >= 0.6 is 0 Å². The second-order valence-electron chi connectivity index (χ2n) is 3.03. The molecule has 1 heterocycles. The first-order valence-corrected chi connectivity index (χ1v) is 4.48. The Kier molecular flexibility index (Phi) is 3.36. The van der Waals surface area contributed by atoms with E-state index in [-0.39, 0.29) is 12.2 Å². The van der Waals surface area contributed by atoms with Gasteiger partial charge in [0.05, 0.1) is 18.4 Å². The third kappa shape index (κ3) is 2.23. The van der Waals surface area contributed by atoms with Gasteiger partial charge >= 0.3 is 11.9 Å². The summed E-state index contributed by atoms with van der Waals surface area (Å²) in [6.07, 6.45) is 2.07. The fourth-order valence-corrected chi connectivity index (χ4v) is 1.03. The predicted octanol–water partition coefficient (Wildman–Crippen LogP) is 0.801. The minimum atomic E-state index is -4.17. The molecule has 1 rings (SSSR count). The Hall–Kier alpha value is -1.79. The number of hydrogen-bond donors (Lipinski definition) is 0. The highest BCUT2D eigenvalue weighted by molar-refractivity contribution is 6.13. The van der Waals surface area contributed by atoms with Crippen LogP contribution in [0.5, 0.6) is 0 Å². The van der Waals surface area contributed by atoms with Crippen molar-refractivity contribution >= 4 is 11.8 Å². The lowest BCUT2D eigenvalue weighted by Crippen LogP contribution is -2.39. The van der Waals surface area contributed by atoms with Crippen LogP contribution in [0.2, 0.25) is 0 Å². The van der Waals surface area contributed by atoms with Gasteiger partial charge in [0, 0.05) is 13.2 Å². The maximum atomic E-state index is 13.2. The van der Waals surface area contributed by atoms with Crippen LogP contribution in [0.1, 0.15) is 17.3 Å². The zero-order chi connectivity index (χ0) is 12.3. The van der Waals surface area contributed by atoms with Crippen LogP contribution in [0.25, 0.3) is 0 Å². The number of carbonyl (C=O) groups excluding carboxylic acids is 2. The standard InChI is InChI=1S/C9H10F2N2O3/c1-3-16-8(15)9(10,11)7(14)6-4-12-13(2)5-6/h4-5H,3H2,1-2H3. The van der Waals surface area contributed by atoms with Gasteiger partial charge in [0.1, 0.15) is 0 Å². The third-order valence-corrected chi connectivity index (χ3v) is 1.78. The van der Waals surface area contributed by atoms with Gasteiger partial charge in [-0.15, -0.1) is 0 Å². The fraction of sp³-hybridized carbons (Fsp3) is 0.444. The van der Waals surface area contributed by atoms with E-state index < -0.39 is 17.7 Å². The number of carbonyl (C=O) groups is 2. The number of nitrogens with zero attached hydrogens (tertiary/aromatic N) is 2. The Morgan fingerprint density at radius 3 is 2.62 bits per heavy atom. The topological polar surface area (TPSA) is 61.2 Å². The van der Waals surface area contributed by atoms with Crippen molar-refractivity contribution in [3.8, 4) is 0 Å². The number of ether oxygens (including phenoxy) is 1. The lowest BCUT2D eigenvalue weighted by molar-refractivity contribution is -0.164. The maximum absolute atomic E-state index is 13.2. The molecule has 88 valence electrons. The van der Waals surface area contributed by atoms with Crippen LogP contribution in [-0.4, -0.2) is 34.1 Å². The van der Waals surface area contributed by atoms with Crippen molar-refractivity contribution in [2.75, 3.05) is 6.61 Å². The van der Waals surface area contributed by atoms with Crippen molar-refractivity contribution in [1.29, 1.82) is 0 Å². The van der Waals surface area contributed by atoms with E-state index in [1.54, 1.807) is 0 Å². The molecule has 7 heteroatoms. The summed E-state index contributed by atoms with van der Waals surface area (Å²) >= 11 is 0. The molecule has 16 heavy (non-hydrogen) atoms. The van der Waals surface area contributed by atoms with Crippen LogP contribution < -0.4 is 0 Å². The van der Waals surface area contributed by atoms with Gasteiger partial charge in [-0.1, -0.05) is 0 Å². The van der Waals surface area contributed by atoms with Crippen LogP contribution in [-0.2, 0) is 16.6 Å². The molecule has 0 atom stereocenters. The fourth-order valence-electron chi connectivity index (χ4n) is 1.03. The number of esters is 1. The lowest BCUT2D eigenvalue weighted by atomic mass is 10.1. The molecule has 0 saturated carbocycles. The molecule has 0 saturated heterocycles. The molecule has 0 aromatic carbocycles. The molecule has 0 amide bonds. The number of hydrogen-bond acceptors (Lipinski definition) is 4. The van der Waals surface area contributed by atoms with Gasteiger partial charge in [-0.25, -0.2) is 4.79 Å². The van der Waals surface area contributed by atoms with Crippen molar-refractivity contribution in [3.05, 3.63) is 18.0 Å². The highest BCUT2D eigenvalue weighted by Gasteiger charge is 2.49. The number of rotatable bonds is 4. The Labute approximate surface area is 90.0 Å². The van der Waals surface area contributed by atoms with E-state index in [0.29, 0.717) is 0 Å². The van der Waals surface area contributed by atoms with E-state index in [4.69, 9.17) is 0 Å². The molecule has 0 fully saturated rings. The summed E-state index contributed by atoms with van der Waals surface area (Å²) in [6.45, 7) is 1.16. The maximum Gasteiger partial charge on any atom is 0.404 e. The second kappa shape index (κ2) is 4.38. The highest BCUT2D eigenvalue weighted by atomic mass is 19.3. The largest absolute Gasteiger partial charge is 0.461 e. The molecular weight excluding hydrogens is 222 g/mol. The third-order valence-electron chi connectivity index (χ3n) is 1.78. The first kappa shape index (κ1) is 12.3. The Morgan fingerprint density at radius 2 is 2.19 bits per heavy atom. The first-order valence-electron chi connectivity index (χ1n) is 4.48. The highest BCUT2D eigenvalue weighted by Crippen LogP contribution is 2.21.